The summed E-state index contributed by atoms with van der Waals surface area (Å²) in [6, 6.07) is 15.1. The van der Waals surface area contributed by atoms with Crippen LogP contribution in [0.2, 0.25) is 0 Å². The van der Waals surface area contributed by atoms with E-state index in [2.05, 4.69) is 10.2 Å². The maximum Gasteiger partial charge on any atom is 0.125 e. The summed E-state index contributed by atoms with van der Waals surface area (Å²) in [4.78, 5) is 0. The van der Waals surface area contributed by atoms with Gasteiger partial charge in [0.15, 0.2) is 0 Å². The molecule has 0 spiro atoms. The maximum absolute atomic E-state index is 10.1. The van der Waals surface area contributed by atoms with Crippen molar-refractivity contribution in [3.8, 4) is 5.75 Å². The lowest BCUT2D eigenvalue weighted by Crippen LogP contribution is -1.89. The van der Waals surface area contributed by atoms with E-state index in [1.165, 1.54) is 0 Å². The zero-order valence-corrected chi connectivity index (χ0v) is 12.5. The Morgan fingerprint density at radius 1 is 0.909 bits per heavy atom. The van der Waals surface area contributed by atoms with E-state index < -0.39 is 0 Å². The second-order valence-corrected chi connectivity index (χ2v) is 5.37. The lowest BCUT2D eigenvalue weighted by Gasteiger charge is -2.08. The van der Waals surface area contributed by atoms with Crippen LogP contribution < -0.4 is 5.73 Å². The summed E-state index contributed by atoms with van der Waals surface area (Å²) >= 11 is 0. The number of hydrogen-bond acceptors (Lipinski definition) is 4. The summed E-state index contributed by atoms with van der Waals surface area (Å²) < 4.78 is 0. The number of phenols is 1. The standard InChI is InChI=1S/C18H17N3O/c1-11-9-13-7-8-15(18(19)17(13)16(22)10-11)21-20-14-6-4-3-5-12(14)2/h3-10,22H,19H2,1-2H3. The van der Waals surface area contributed by atoms with Crippen LogP contribution in [0.15, 0.2) is 58.8 Å². The summed E-state index contributed by atoms with van der Waals surface area (Å²) in [6.45, 7) is 3.91. The number of aromatic hydroxyl groups is 1. The first-order valence-electron chi connectivity index (χ1n) is 7.05. The van der Waals surface area contributed by atoms with Crippen molar-refractivity contribution >= 4 is 27.8 Å². The van der Waals surface area contributed by atoms with E-state index in [0.29, 0.717) is 16.8 Å². The van der Waals surface area contributed by atoms with Crippen molar-refractivity contribution in [2.45, 2.75) is 13.8 Å². The molecule has 0 unspecified atom stereocenters. The zero-order chi connectivity index (χ0) is 15.7. The van der Waals surface area contributed by atoms with Gasteiger partial charge in [-0.15, -0.1) is 5.11 Å². The average Bonchev–Trinajstić information content (AvgIpc) is 2.47. The number of azo groups is 1. The largest absolute Gasteiger partial charge is 0.507 e. The van der Waals surface area contributed by atoms with Crippen LogP contribution in [0, 0.1) is 13.8 Å². The summed E-state index contributed by atoms with van der Waals surface area (Å²) in [5.41, 5.74) is 9.98. The van der Waals surface area contributed by atoms with E-state index in [9.17, 15) is 5.11 Å². The van der Waals surface area contributed by atoms with E-state index in [0.717, 1.165) is 22.2 Å². The quantitative estimate of drug-likeness (QED) is 0.505. The Labute approximate surface area is 128 Å². The molecule has 3 rings (SSSR count). The molecule has 0 aliphatic heterocycles. The summed E-state index contributed by atoms with van der Waals surface area (Å²) in [6.07, 6.45) is 0. The topological polar surface area (TPSA) is 71.0 Å². The molecule has 0 saturated carbocycles. The van der Waals surface area contributed by atoms with Crippen molar-refractivity contribution in [1.82, 2.24) is 0 Å². The number of fused-ring (bicyclic) bond motifs is 1. The Kier molecular flexibility index (Phi) is 3.51. The molecule has 0 radical (unpaired) electrons. The van der Waals surface area contributed by atoms with E-state index >= 15 is 0 Å². The summed E-state index contributed by atoms with van der Waals surface area (Å²) in [5.74, 6) is 0.167. The molecular formula is C18H17N3O. The molecule has 0 saturated heterocycles. The molecule has 110 valence electrons. The van der Waals surface area contributed by atoms with E-state index in [1.807, 2.05) is 56.3 Å². The van der Waals surface area contributed by atoms with Crippen molar-refractivity contribution in [3.05, 3.63) is 59.7 Å². The van der Waals surface area contributed by atoms with E-state index in [-0.39, 0.29) is 5.75 Å². The molecule has 0 aliphatic carbocycles. The summed E-state index contributed by atoms with van der Waals surface area (Å²) in [7, 11) is 0. The summed E-state index contributed by atoms with van der Waals surface area (Å²) in [5, 5.41) is 20.1. The molecule has 4 heteroatoms. The van der Waals surface area contributed by atoms with Crippen LogP contribution in [0.4, 0.5) is 17.1 Å². The maximum atomic E-state index is 10.1. The van der Waals surface area contributed by atoms with Gasteiger partial charge >= 0.3 is 0 Å². The van der Waals surface area contributed by atoms with Gasteiger partial charge in [-0.25, -0.2) is 0 Å². The van der Waals surface area contributed by atoms with Crippen LogP contribution in [0.1, 0.15) is 11.1 Å². The smallest absolute Gasteiger partial charge is 0.125 e. The van der Waals surface area contributed by atoms with Gasteiger partial charge in [-0.05, 0) is 48.6 Å². The second kappa shape index (κ2) is 5.48. The van der Waals surface area contributed by atoms with Crippen LogP contribution >= 0.6 is 0 Å². The number of hydrogen-bond donors (Lipinski definition) is 2. The normalized spacial score (nSPS) is 11.4. The average molecular weight is 291 g/mol. The van der Waals surface area contributed by atoms with Gasteiger partial charge in [0.1, 0.15) is 11.4 Å². The van der Waals surface area contributed by atoms with E-state index in [1.54, 1.807) is 6.07 Å². The highest BCUT2D eigenvalue weighted by Crippen LogP contribution is 2.37. The molecule has 3 N–H and O–H groups in total. The minimum Gasteiger partial charge on any atom is -0.507 e. The Bertz CT molecular complexity index is 885. The Hall–Kier alpha value is -2.88. The minimum absolute atomic E-state index is 0.167. The van der Waals surface area contributed by atoms with Crippen LogP contribution in [0.3, 0.4) is 0 Å². The molecular weight excluding hydrogens is 274 g/mol. The van der Waals surface area contributed by atoms with Gasteiger partial charge in [-0.2, -0.15) is 5.11 Å². The molecule has 22 heavy (non-hydrogen) atoms. The first-order chi connectivity index (χ1) is 10.6. The SMILES string of the molecule is Cc1cc(O)c2c(N)c(N=Nc3ccccc3C)ccc2c1. The molecule has 0 aromatic heterocycles. The highest BCUT2D eigenvalue weighted by atomic mass is 16.3. The predicted octanol–water partition coefficient (Wildman–Crippen LogP) is 5.16. The molecule has 0 heterocycles. The monoisotopic (exact) mass is 291 g/mol. The highest BCUT2D eigenvalue weighted by molar-refractivity contribution is 6.02. The number of rotatable bonds is 2. The molecule has 0 fully saturated rings. The molecule has 3 aromatic rings. The molecule has 4 nitrogen and oxygen atoms in total. The van der Waals surface area contributed by atoms with Gasteiger partial charge in [-0.1, -0.05) is 30.3 Å². The van der Waals surface area contributed by atoms with Gasteiger partial charge in [0.05, 0.1) is 11.4 Å². The van der Waals surface area contributed by atoms with Crippen molar-refractivity contribution < 1.29 is 5.11 Å². The fourth-order valence-corrected chi connectivity index (χ4v) is 2.48. The number of benzene rings is 3. The minimum atomic E-state index is 0.167. The fourth-order valence-electron chi connectivity index (χ4n) is 2.48. The third kappa shape index (κ3) is 2.51. The number of aryl methyl sites for hydroxylation is 2. The molecule has 0 aliphatic rings. The van der Waals surface area contributed by atoms with Gasteiger partial charge in [0.2, 0.25) is 0 Å². The Balaban J connectivity index is 2.09. The first-order valence-corrected chi connectivity index (χ1v) is 7.05. The zero-order valence-electron chi connectivity index (χ0n) is 12.5. The Morgan fingerprint density at radius 2 is 1.64 bits per heavy atom. The van der Waals surface area contributed by atoms with Crippen LogP contribution in [0.5, 0.6) is 5.75 Å². The van der Waals surface area contributed by atoms with Crippen LogP contribution in [-0.2, 0) is 0 Å². The molecule has 0 amide bonds. The fraction of sp³-hybridized carbons (Fsp3) is 0.111. The van der Waals surface area contributed by atoms with Crippen molar-refractivity contribution in [2.75, 3.05) is 5.73 Å². The molecule has 0 bridgehead atoms. The number of phenolic OH excluding ortho intramolecular Hbond substituents is 1. The third-order valence-corrected chi connectivity index (χ3v) is 3.64. The third-order valence-electron chi connectivity index (χ3n) is 3.64. The molecule has 3 aromatic carbocycles. The highest BCUT2D eigenvalue weighted by Gasteiger charge is 2.09. The van der Waals surface area contributed by atoms with Gasteiger partial charge < -0.3 is 10.8 Å². The number of nitrogen functional groups attached to an aromatic ring is 1. The van der Waals surface area contributed by atoms with Crippen molar-refractivity contribution in [1.29, 1.82) is 0 Å². The van der Waals surface area contributed by atoms with Crippen LogP contribution in [0.25, 0.3) is 10.8 Å². The number of nitrogens with two attached hydrogens (primary N) is 1. The first kappa shape index (κ1) is 14.1. The second-order valence-electron chi connectivity index (χ2n) is 5.37. The van der Waals surface area contributed by atoms with Crippen molar-refractivity contribution in [2.24, 2.45) is 10.2 Å². The van der Waals surface area contributed by atoms with Gasteiger partial charge in [-0.3, -0.25) is 0 Å². The number of anilines is 1. The Morgan fingerprint density at radius 3 is 2.41 bits per heavy atom. The predicted molar refractivity (Wildman–Crippen MR) is 90.1 cm³/mol. The van der Waals surface area contributed by atoms with Gasteiger partial charge in [0.25, 0.3) is 0 Å². The van der Waals surface area contributed by atoms with Crippen LogP contribution in [-0.4, -0.2) is 5.11 Å². The van der Waals surface area contributed by atoms with Gasteiger partial charge in [0, 0.05) is 5.39 Å². The van der Waals surface area contributed by atoms with E-state index in [4.69, 9.17) is 5.73 Å². The van der Waals surface area contributed by atoms with Crippen molar-refractivity contribution in [3.63, 3.8) is 0 Å². The lowest BCUT2D eigenvalue weighted by atomic mass is 10.0. The number of nitrogens with zero attached hydrogens (tertiary/aromatic N) is 2. The molecule has 0 atom stereocenters. The lowest BCUT2D eigenvalue weighted by molar-refractivity contribution is 0.481.